The number of anilines is 1. The summed E-state index contributed by atoms with van der Waals surface area (Å²) in [6.07, 6.45) is -5.32. The van der Waals surface area contributed by atoms with Crippen LogP contribution in [0.1, 0.15) is 24.3 Å². The number of sulfonamides is 1. The molecule has 1 fully saturated rings. The minimum Gasteiger partial charge on any atom is -0.495 e. The van der Waals surface area contributed by atoms with Crippen LogP contribution in [-0.2, 0) is 10.0 Å². The highest BCUT2D eigenvalue weighted by atomic mass is 35.5. The number of rotatable bonds is 6. The van der Waals surface area contributed by atoms with Gasteiger partial charge in [-0.25, -0.2) is 12.8 Å². The molecular formula is C24H18ClF4N3O5S. The van der Waals surface area contributed by atoms with Crippen molar-refractivity contribution in [3.8, 4) is 11.4 Å². The van der Waals surface area contributed by atoms with Crippen molar-refractivity contribution >= 4 is 38.3 Å². The van der Waals surface area contributed by atoms with Crippen molar-refractivity contribution in [2.45, 2.75) is 35.5 Å². The van der Waals surface area contributed by atoms with E-state index in [2.05, 4.69) is 14.4 Å². The first kappa shape index (κ1) is 26.0. The van der Waals surface area contributed by atoms with E-state index >= 15 is 0 Å². The van der Waals surface area contributed by atoms with Crippen LogP contribution in [0.2, 0.25) is 5.02 Å². The van der Waals surface area contributed by atoms with Gasteiger partial charge in [0, 0.05) is 22.5 Å². The summed E-state index contributed by atoms with van der Waals surface area (Å²) in [7, 11) is -2.72. The number of methoxy groups -OCH3 is 1. The second kappa shape index (κ2) is 9.02. The molecule has 0 aliphatic heterocycles. The van der Waals surface area contributed by atoms with E-state index in [1.54, 1.807) is 0 Å². The van der Waals surface area contributed by atoms with Crippen LogP contribution in [0, 0.1) is 0 Å². The van der Waals surface area contributed by atoms with Crippen LogP contribution in [0.25, 0.3) is 16.6 Å². The zero-order chi connectivity index (χ0) is 27.5. The van der Waals surface area contributed by atoms with Gasteiger partial charge < -0.3 is 9.26 Å². The SMILES string of the molecule is COc1cc([C@H]2C[C@@](F)(C(F)(F)F)C2)c(Cl)cc1-n1c(=O)ccc2cc(S(=O)(=O)Nc3ccon3)ccc21. The van der Waals surface area contributed by atoms with Crippen molar-refractivity contribution in [3.63, 3.8) is 0 Å². The molecule has 1 N–H and O–H groups in total. The highest BCUT2D eigenvalue weighted by Crippen LogP contribution is 2.57. The lowest BCUT2D eigenvalue weighted by molar-refractivity contribution is -0.259. The molecule has 0 saturated heterocycles. The fourth-order valence-corrected chi connectivity index (χ4v) is 5.82. The van der Waals surface area contributed by atoms with Gasteiger partial charge in [0.15, 0.2) is 5.82 Å². The van der Waals surface area contributed by atoms with Gasteiger partial charge in [0.2, 0.25) is 5.67 Å². The van der Waals surface area contributed by atoms with Gasteiger partial charge in [-0.05, 0) is 60.7 Å². The first-order valence-corrected chi connectivity index (χ1v) is 12.9. The summed E-state index contributed by atoms with van der Waals surface area (Å²) in [6.45, 7) is 0. The Hall–Kier alpha value is -3.58. The number of pyridine rings is 1. The fourth-order valence-electron chi connectivity index (χ4n) is 4.48. The van der Waals surface area contributed by atoms with Gasteiger partial charge >= 0.3 is 6.18 Å². The van der Waals surface area contributed by atoms with Crippen LogP contribution < -0.4 is 15.0 Å². The Morgan fingerprint density at radius 2 is 1.89 bits per heavy atom. The van der Waals surface area contributed by atoms with Crippen LogP contribution >= 0.6 is 11.6 Å². The summed E-state index contributed by atoms with van der Waals surface area (Å²) in [5.41, 5.74) is -3.02. The van der Waals surface area contributed by atoms with Gasteiger partial charge in [0.05, 0.1) is 23.2 Å². The zero-order valence-electron chi connectivity index (χ0n) is 19.4. The first-order chi connectivity index (χ1) is 17.8. The average molecular weight is 572 g/mol. The molecule has 2 heterocycles. The predicted molar refractivity (Wildman–Crippen MR) is 130 cm³/mol. The van der Waals surface area contributed by atoms with E-state index in [0.717, 1.165) is 0 Å². The standard InChI is InChI=1S/C24H18ClF4N3O5S/c1-36-20-9-16(14-11-23(26,12-14)24(27,28)29)17(25)10-19(20)32-18-4-3-15(8-13(18)2-5-22(32)33)38(34,35)31-21-6-7-37-30-21/h2-10,14H,11-12H2,1H3,(H,30,31)/t14-,23-. The largest absolute Gasteiger partial charge is 0.495 e. The topological polar surface area (TPSA) is 103 Å². The number of aromatic nitrogens is 2. The lowest BCUT2D eigenvalue weighted by Crippen LogP contribution is -2.50. The van der Waals surface area contributed by atoms with Crippen LogP contribution in [0.4, 0.5) is 23.4 Å². The molecule has 0 atom stereocenters. The summed E-state index contributed by atoms with van der Waals surface area (Å²) in [5.74, 6) is -0.681. The molecule has 0 amide bonds. The van der Waals surface area contributed by atoms with Crippen molar-refractivity contribution in [1.29, 1.82) is 0 Å². The molecule has 1 saturated carbocycles. The highest BCUT2D eigenvalue weighted by Gasteiger charge is 2.63. The third-order valence-corrected chi connectivity index (χ3v) is 8.16. The van der Waals surface area contributed by atoms with E-state index < -0.39 is 46.2 Å². The van der Waals surface area contributed by atoms with E-state index in [9.17, 15) is 30.8 Å². The number of nitrogens with one attached hydrogen (secondary N) is 1. The van der Waals surface area contributed by atoms with E-state index in [1.807, 2.05) is 0 Å². The summed E-state index contributed by atoms with van der Waals surface area (Å²) in [6, 6.07) is 10.8. The number of benzene rings is 2. The van der Waals surface area contributed by atoms with Gasteiger partial charge in [-0.2, -0.15) is 13.2 Å². The minimum absolute atomic E-state index is 0.0127. The molecule has 2 aromatic heterocycles. The van der Waals surface area contributed by atoms with E-state index in [1.165, 1.54) is 66.5 Å². The fraction of sp³-hybridized carbons (Fsp3) is 0.250. The number of hydrogen-bond donors (Lipinski definition) is 1. The molecule has 1 aliphatic carbocycles. The monoisotopic (exact) mass is 571 g/mol. The molecule has 5 rings (SSSR count). The molecule has 0 bridgehead atoms. The van der Waals surface area contributed by atoms with Crippen LogP contribution in [0.3, 0.4) is 0 Å². The molecule has 0 unspecified atom stereocenters. The van der Waals surface area contributed by atoms with Gasteiger partial charge in [0.25, 0.3) is 15.6 Å². The second-order valence-electron chi connectivity index (χ2n) is 8.83. The van der Waals surface area contributed by atoms with E-state index in [-0.39, 0.29) is 32.7 Å². The first-order valence-electron chi connectivity index (χ1n) is 11.1. The maximum Gasteiger partial charge on any atom is 0.422 e. The summed E-state index contributed by atoms with van der Waals surface area (Å²) in [4.78, 5) is 12.8. The Labute approximate surface area is 217 Å². The zero-order valence-corrected chi connectivity index (χ0v) is 21.0. The van der Waals surface area contributed by atoms with Crippen LogP contribution in [-0.4, -0.2) is 37.1 Å². The van der Waals surface area contributed by atoms with Gasteiger partial charge in [-0.3, -0.25) is 14.1 Å². The van der Waals surface area contributed by atoms with Crippen LogP contribution in [0.5, 0.6) is 5.75 Å². The molecular weight excluding hydrogens is 554 g/mol. The number of nitrogens with zero attached hydrogens (tertiary/aromatic N) is 2. The Bertz CT molecular complexity index is 1700. The molecule has 200 valence electrons. The van der Waals surface area contributed by atoms with Crippen molar-refractivity contribution < 1.29 is 35.2 Å². The van der Waals surface area contributed by atoms with E-state index in [4.69, 9.17) is 16.3 Å². The maximum atomic E-state index is 14.2. The normalized spacial score (nSPS) is 19.8. The third-order valence-electron chi connectivity index (χ3n) is 6.48. The van der Waals surface area contributed by atoms with Crippen molar-refractivity contribution in [1.82, 2.24) is 9.72 Å². The molecule has 4 aromatic rings. The molecule has 2 aromatic carbocycles. The van der Waals surface area contributed by atoms with Gasteiger partial charge in [0.1, 0.15) is 12.0 Å². The molecule has 38 heavy (non-hydrogen) atoms. The number of halogens is 5. The molecule has 14 heteroatoms. The lowest BCUT2D eigenvalue weighted by atomic mass is 9.68. The Morgan fingerprint density at radius 1 is 1.16 bits per heavy atom. The van der Waals surface area contributed by atoms with Crippen LogP contribution in [0.15, 0.2) is 69.0 Å². The molecule has 8 nitrogen and oxygen atoms in total. The van der Waals surface area contributed by atoms with Gasteiger partial charge in [-0.15, -0.1) is 0 Å². The quantitative estimate of drug-likeness (QED) is 0.303. The lowest BCUT2D eigenvalue weighted by Gasteiger charge is -2.42. The number of hydrogen-bond acceptors (Lipinski definition) is 6. The maximum absolute atomic E-state index is 14.2. The predicted octanol–water partition coefficient (Wildman–Crippen LogP) is 5.59. The summed E-state index contributed by atoms with van der Waals surface area (Å²) >= 11 is 6.40. The Balaban J connectivity index is 1.55. The van der Waals surface area contributed by atoms with E-state index in [0.29, 0.717) is 10.9 Å². The Kier molecular flexibility index (Phi) is 6.18. The average Bonchev–Trinajstić information content (AvgIpc) is 3.33. The minimum atomic E-state index is -4.98. The molecule has 0 radical (unpaired) electrons. The number of alkyl halides is 4. The van der Waals surface area contributed by atoms with Crippen molar-refractivity contribution in [3.05, 3.63) is 75.7 Å². The number of fused-ring (bicyclic) bond motifs is 1. The van der Waals surface area contributed by atoms with Crippen molar-refractivity contribution in [2.75, 3.05) is 11.8 Å². The number of ether oxygens (including phenoxy) is 1. The Morgan fingerprint density at radius 3 is 2.53 bits per heavy atom. The highest BCUT2D eigenvalue weighted by molar-refractivity contribution is 7.92. The van der Waals surface area contributed by atoms with Crippen molar-refractivity contribution in [2.24, 2.45) is 0 Å². The summed E-state index contributed by atoms with van der Waals surface area (Å²) in [5, 5.41) is 3.93. The smallest absolute Gasteiger partial charge is 0.422 e. The molecule has 1 aliphatic rings. The molecule has 0 spiro atoms. The summed E-state index contributed by atoms with van der Waals surface area (Å²) < 4.78 is 92.2. The third kappa shape index (κ3) is 4.39. The van der Waals surface area contributed by atoms with Gasteiger partial charge in [-0.1, -0.05) is 16.8 Å². The second-order valence-corrected chi connectivity index (χ2v) is 10.9.